The van der Waals surface area contributed by atoms with Crippen LogP contribution < -0.4 is 50.8 Å². The first-order valence-electron chi connectivity index (χ1n) is 56.3. The van der Waals surface area contributed by atoms with Gasteiger partial charge in [0, 0.05) is 54.0 Å². The number of fused-ring (bicyclic) bond motifs is 4. The molecule has 0 saturated carbocycles. The molecule has 18 rings (SSSR count). The van der Waals surface area contributed by atoms with Gasteiger partial charge in [0.25, 0.3) is 6.33 Å². The van der Waals surface area contributed by atoms with Gasteiger partial charge in [0.2, 0.25) is 0 Å². The zero-order chi connectivity index (χ0) is 113. The van der Waals surface area contributed by atoms with Crippen LogP contribution in [-0.4, -0.2) is 30.3 Å². The first-order chi connectivity index (χ1) is 72.1. The number of nitrogens with zero attached hydrogens (tertiary/aromatic N) is 4. The summed E-state index contributed by atoms with van der Waals surface area (Å²) in [7, 11) is -13.7. The second-order valence-electron chi connectivity index (χ2n) is 25.5. The summed E-state index contributed by atoms with van der Waals surface area (Å²) in [5.74, 6) is -0.280. The third-order valence-electron chi connectivity index (χ3n) is 18.4. The summed E-state index contributed by atoms with van der Waals surface area (Å²) in [6.45, 7) is 2.90. The van der Waals surface area contributed by atoms with Gasteiger partial charge in [-0.05, 0) is 133 Å². The molecule has 109 heavy (non-hydrogen) atoms. The number of ether oxygens (including phenoxy) is 1. The Morgan fingerprint density at radius 2 is 0.890 bits per heavy atom. The van der Waals surface area contributed by atoms with Crippen molar-refractivity contribution >= 4 is 90.5 Å². The van der Waals surface area contributed by atoms with E-state index in [1.54, 1.807) is 59.2 Å². The standard InChI is InChI=1S/C101H76N4OSi2.Pt/c1-72-64-99(102-70-94(72)74-32-12-5-13-33-74)105-95-55-27-26-52-92(95)93-62-61-81(69-97(93)105)106-80-37-30-36-79(68-80)103-71-104(96-63-58-75(67-98(96)103)73-56-59-78(60-57-73)101(2,3)4)100-90(76-34-28-50-88(65-76)107(82-38-14-6-15-39-82,83-40-16-7-17-41-83)84-42-18-8-19-43-84)53-31-54-91(100)77-35-29-51-89(66-77)108(85-44-20-9-21-45-85,86-46-22-10-23-47-86)87-48-24-11-25-49-87;/h5-67,70H,1-4H3;/q-2;/i1D3,5D,6D,7D,8D,9D,10D,11D,12D,13D,14D,15D,16D,17D,18D,19D,20D,21D,22D,23D,24D,25D,28D,29D,32D,33D,34D,35D,38D,39D,40D,41D,42D,43D,44D,45D,46D,47D,48D,49D,50D,51D,65D,66D;. The van der Waals surface area contributed by atoms with Crippen molar-refractivity contribution in [3.05, 3.63) is 417 Å². The Balaban J connectivity index is 0.0000162. The molecule has 0 saturated heterocycles. The molecule has 0 atom stereocenters. The number of hydrogen-bond donors (Lipinski definition) is 0. The van der Waals surface area contributed by atoms with Gasteiger partial charge in [-0.1, -0.05) is 359 Å². The largest absolute Gasteiger partial charge is 0.510 e. The van der Waals surface area contributed by atoms with Gasteiger partial charge >= 0.3 is 0 Å². The van der Waals surface area contributed by atoms with Gasteiger partial charge in [-0.2, -0.15) is 18.2 Å². The van der Waals surface area contributed by atoms with Crippen LogP contribution in [0, 0.1) is 25.3 Å². The van der Waals surface area contributed by atoms with Crippen LogP contribution in [0.4, 0.5) is 0 Å². The van der Waals surface area contributed by atoms with Crippen molar-refractivity contribution in [2.24, 2.45) is 0 Å². The number of para-hydroxylation sites is 2. The topological polar surface area (TPSA) is 35.9 Å². The number of hydrogen-bond acceptors (Lipinski definition) is 2. The maximum absolute atomic E-state index is 11.4. The Labute approximate surface area is 718 Å². The fraction of sp³-hybridized carbons (Fsp3) is 0.0495. The second kappa shape index (κ2) is 29.4. The first-order valence-corrected chi connectivity index (χ1v) is 37.3. The number of imidazole rings is 1. The van der Waals surface area contributed by atoms with Crippen LogP contribution in [0.1, 0.15) is 95.0 Å². The summed E-state index contributed by atoms with van der Waals surface area (Å²) in [5, 5.41) is -9.19. The summed E-state index contributed by atoms with van der Waals surface area (Å²) in [4.78, 5) is 4.70. The number of aromatic nitrogens is 4. The van der Waals surface area contributed by atoms with Gasteiger partial charge in [0.15, 0.2) is 16.1 Å². The minimum Gasteiger partial charge on any atom is -0.510 e. The van der Waals surface area contributed by atoms with E-state index in [4.69, 9.17) is 28.9 Å². The van der Waals surface area contributed by atoms with Crippen molar-refractivity contribution in [1.82, 2.24) is 14.1 Å². The summed E-state index contributed by atoms with van der Waals surface area (Å²) < 4.78 is 454. The average molecular weight is 1660 g/mol. The van der Waals surface area contributed by atoms with Gasteiger partial charge in [-0.25, -0.2) is 4.98 Å². The van der Waals surface area contributed by atoms with Crippen molar-refractivity contribution in [3.8, 4) is 73.2 Å². The van der Waals surface area contributed by atoms with Crippen molar-refractivity contribution in [1.29, 1.82) is 0 Å². The Morgan fingerprint density at radius 3 is 1.41 bits per heavy atom. The Kier molecular flexibility index (Phi) is 9.48. The molecule has 526 valence electrons. The second-order valence-corrected chi connectivity index (χ2v) is 32.5. The predicted octanol–water partition coefficient (Wildman–Crippen LogP) is 18.6. The van der Waals surface area contributed by atoms with Crippen LogP contribution in [0.25, 0.3) is 94.5 Å². The maximum Gasteiger partial charge on any atom is 0.268 e. The molecule has 8 heteroatoms. The van der Waals surface area contributed by atoms with Gasteiger partial charge in [-0.15, -0.1) is 29.7 Å². The van der Waals surface area contributed by atoms with Gasteiger partial charge in [0.1, 0.15) is 5.82 Å². The van der Waals surface area contributed by atoms with E-state index in [-0.39, 0.29) is 66.2 Å². The first kappa shape index (κ1) is 35.1. The number of pyridine rings is 1. The van der Waals surface area contributed by atoms with Crippen LogP contribution in [0.2, 0.25) is 0 Å². The molecule has 0 fully saturated rings. The van der Waals surface area contributed by atoms with Crippen LogP contribution >= 0.6 is 0 Å². The van der Waals surface area contributed by atoms with Crippen LogP contribution in [-0.2, 0) is 26.5 Å². The molecular formula is C101H76N4OPtSi2-2. The molecule has 0 aliphatic carbocycles. The van der Waals surface area contributed by atoms with E-state index in [9.17, 15) is 43.9 Å². The van der Waals surface area contributed by atoms with E-state index in [0.29, 0.717) is 27.4 Å². The summed E-state index contributed by atoms with van der Waals surface area (Å²) in [5.41, 5.74) is -3.85. The molecule has 0 radical (unpaired) electrons. The van der Waals surface area contributed by atoms with Gasteiger partial charge in [-0.3, -0.25) is 4.57 Å². The van der Waals surface area contributed by atoms with Crippen molar-refractivity contribution < 1.29 is 93.4 Å². The SMILES string of the molecule is [2H]c1c([2H])c([2H])c(-c2cnc(-n3c4[c-]c(Oc5[c-]c(-n6[c-][n+](-c7c(-c8c([2H])c([2H])c([2H])c([Si](c9c([2H])c([2H])c([2H])c([2H])c9[2H])(c9c([2H])c([2H])c([2H])c([2H])c9[2H])c9c([2H])c([2H])c([2H])c([2H])c9[2H])c8[2H])cccc7-c7c([2H])c([2H])c([2H])c([Si](c8c([2H])c([2H])c([2H])c([2H])c8[2H])(c8c([2H])c([2H])c([2H])c([2H])c8[2H])c8c([2H])c([2H])c([2H])c([2H])c8[2H])c7[2H])c7ccc(-c8ccc(C(C)(C)C)cc8)cc76)ccc5)ccc4c4ccccc43)cc2C([2H])([2H])[2H])c([2H])c1[2H].[Pt]. The molecule has 0 aliphatic rings. The number of benzene rings is 15. The molecule has 0 spiro atoms. The average Bonchev–Trinajstić information content (AvgIpc) is 1.64. The minimum absolute atomic E-state index is 0. The molecule has 18 aromatic rings. The van der Waals surface area contributed by atoms with Crippen LogP contribution in [0.3, 0.4) is 0 Å². The van der Waals surface area contributed by atoms with E-state index in [0.717, 1.165) is 34.5 Å². The summed E-state index contributed by atoms with van der Waals surface area (Å²) >= 11 is 0. The zero-order valence-corrected chi connectivity index (χ0v) is 61.4. The Morgan fingerprint density at radius 1 is 0.413 bits per heavy atom. The quantitative estimate of drug-likeness (QED) is 0.0394. The molecule has 0 bridgehead atoms. The van der Waals surface area contributed by atoms with Gasteiger partial charge < -0.3 is 13.9 Å². The predicted molar refractivity (Wildman–Crippen MR) is 452 cm³/mol. The third-order valence-corrected chi connectivity index (χ3v) is 26.4. The minimum atomic E-state index is -6.83. The molecular weight excluding hydrogens is 1540 g/mol. The van der Waals surface area contributed by atoms with Crippen LogP contribution in [0.5, 0.6) is 11.5 Å². The van der Waals surface area contributed by atoms with Crippen molar-refractivity contribution in [3.63, 3.8) is 0 Å². The molecule has 0 N–H and O–H groups in total. The molecule has 3 aromatic heterocycles. The van der Waals surface area contributed by atoms with Crippen molar-refractivity contribution in [2.45, 2.75) is 33.0 Å². The molecule has 0 unspecified atom stereocenters. The fourth-order valence-electron chi connectivity index (χ4n) is 13.5. The molecule has 0 aliphatic heterocycles. The number of rotatable bonds is 17. The molecule has 0 amide bonds. The molecule has 15 aromatic carbocycles. The maximum atomic E-state index is 11.4. The summed E-state index contributed by atoms with van der Waals surface area (Å²) in [6, 6.07) is -16.9. The fourth-order valence-corrected chi connectivity index (χ4v) is 20.6. The Bertz CT molecular complexity index is 8380. The van der Waals surface area contributed by atoms with E-state index >= 15 is 0 Å². The smallest absolute Gasteiger partial charge is 0.268 e. The van der Waals surface area contributed by atoms with E-state index in [2.05, 4.69) is 18.5 Å². The summed E-state index contributed by atoms with van der Waals surface area (Å²) in [6.07, 6.45) is 4.40. The van der Waals surface area contributed by atoms with E-state index < -0.39 is 369 Å². The van der Waals surface area contributed by atoms with E-state index in [1.165, 1.54) is 41.0 Å². The number of aryl methyl sites for hydroxylation is 1. The third kappa shape index (κ3) is 12.6. The molecule has 5 nitrogen and oxygen atoms in total. The Hall–Kier alpha value is -12.4. The van der Waals surface area contributed by atoms with Gasteiger partial charge in [0.05, 0.1) is 75.7 Å². The normalized spacial score (nSPS) is 17.8. The van der Waals surface area contributed by atoms with E-state index in [1.807, 2.05) is 32.9 Å². The van der Waals surface area contributed by atoms with Crippen LogP contribution in [0.15, 0.2) is 387 Å². The zero-order valence-electron chi connectivity index (χ0n) is 103. The van der Waals surface area contributed by atoms with Crippen molar-refractivity contribution in [2.75, 3.05) is 0 Å². The molecule has 3 heterocycles. The monoisotopic (exact) mass is 1660 g/mol.